The molecular formula is C9H17N5S. The Bertz CT molecular complexity index is 335. The molecule has 0 saturated heterocycles. The highest BCUT2D eigenvalue weighted by Gasteiger charge is 2.14. The van der Waals surface area contributed by atoms with Gasteiger partial charge in [-0.2, -0.15) is 0 Å². The van der Waals surface area contributed by atoms with Crippen molar-refractivity contribution in [1.82, 2.24) is 10.2 Å². The third kappa shape index (κ3) is 3.16. The first-order chi connectivity index (χ1) is 7.04. The number of anilines is 1. The van der Waals surface area contributed by atoms with Crippen LogP contribution in [0.1, 0.15) is 18.9 Å². The van der Waals surface area contributed by atoms with E-state index in [1.54, 1.807) is 11.3 Å². The molecule has 0 aromatic carbocycles. The molecule has 0 radical (unpaired) electrons. The van der Waals surface area contributed by atoms with E-state index in [1.165, 1.54) is 0 Å². The quantitative estimate of drug-likeness (QED) is 0.586. The molecule has 6 heteroatoms. The molecule has 0 aliphatic heterocycles. The van der Waals surface area contributed by atoms with Gasteiger partial charge in [-0.05, 0) is 13.8 Å². The molecule has 0 aliphatic carbocycles. The second-order valence-corrected chi connectivity index (χ2v) is 4.66. The normalized spacial score (nSPS) is 12.5. The minimum Gasteiger partial charge on any atom is -0.387 e. The number of nitrogens with zero attached hydrogens (tertiary/aromatic N) is 3. The molecule has 3 N–H and O–H groups in total. The first kappa shape index (κ1) is 11.9. The Balaban J connectivity index is 2.68. The van der Waals surface area contributed by atoms with E-state index >= 15 is 0 Å². The molecule has 0 saturated carbocycles. The zero-order valence-electron chi connectivity index (χ0n) is 9.32. The number of nitrogens with two attached hydrogens (primary N) is 1. The SMILES string of the molecule is CCN(CC(C)C(=N)N)c1nnc(C)s1. The van der Waals surface area contributed by atoms with Gasteiger partial charge in [-0.15, -0.1) is 10.2 Å². The monoisotopic (exact) mass is 227 g/mol. The van der Waals surface area contributed by atoms with Gasteiger partial charge < -0.3 is 10.6 Å². The lowest BCUT2D eigenvalue weighted by Crippen LogP contribution is -2.34. The van der Waals surface area contributed by atoms with Gasteiger partial charge in [0.15, 0.2) is 0 Å². The van der Waals surface area contributed by atoms with Gasteiger partial charge in [-0.1, -0.05) is 18.3 Å². The second kappa shape index (κ2) is 5.06. The van der Waals surface area contributed by atoms with Crippen LogP contribution in [0.15, 0.2) is 0 Å². The Morgan fingerprint density at radius 3 is 2.67 bits per heavy atom. The summed E-state index contributed by atoms with van der Waals surface area (Å²) in [5.41, 5.74) is 5.45. The van der Waals surface area contributed by atoms with Crippen LogP contribution in [0.5, 0.6) is 0 Å². The molecule has 84 valence electrons. The maximum atomic E-state index is 7.35. The lowest BCUT2D eigenvalue weighted by Gasteiger charge is -2.22. The number of nitrogens with one attached hydrogen (secondary N) is 1. The summed E-state index contributed by atoms with van der Waals surface area (Å²) >= 11 is 1.57. The third-order valence-corrected chi connectivity index (χ3v) is 3.09. The second-order valence-electron chi connectivity index (χ2n) is 3.50. The fraction of sp³-hybridized carbons (Fsp3) is 0.667. The smallest absolute Gasteiger partial charge is 0.208 e. The predicted molar refractivity (Wildman–Crippen MR) is 63.6 cm³/mol. The van der Waals surface area contributed by atoms with E-state index in [0.717, 1.165) is 23.2 Å². The van der Waals surface area contributed by atoms with Crippen LogP contribution in [-0.4, -0.2) is 29.1 Å². The van der Waals surface area contributed by atoms with Gasteiger partial charge in [0, 0.05) is 19.0 Å². The summed E-state index contributed by atoms with van der Waals surface area (Å²) in [5, 5.41) is 17.3. The predicted octanol–water partition coefficient (Wildman–Crippen LogP) is 1.24. The topological polar surface area (TPSA) is 78.9 Å². The molecule has 0 amide bonds. The van der Waals surface area contributed by atoms with Gasteiger partial charge >= 0.3 is 0 Å². The first-order valence-corrected chi connectivity index (χ1v) is 5.75. The zero-order valence-corrected chi connectivity index (χ0v) is 10.1. The Hall–Kier alpha value is -1.17. The van der Waals surface area contributed by atoms with Gasteiger partial charge in [0.1, 0.15) is 5.01 Å². The average molecular weight is 227 g/mol. The third-order valence-electron chi connectivity index (χ3n) is 2.19. The lowest BCUT2D eigenvalue weighted by atomic mass is 10.1. The van der Waals surface area contributed by atoms with E-state index in [9.17, 15) is 0 Å². The number of hydrogen-bond acceptors (Lipinski definition) is 5. The summed E-state index contributed by atoms with van der Waals surface area (Å²) in [7, 11) is 0. The molecule has 1 unspecified atom stereocenters. The van der Waals surface area contributed by atoms with Crippen LogP contribution in [0, 0.1) is 18.3 Å². The molecule has 0 fully saturated rings. The van der Waals surface area contributed by atoms with Crippen molar-refractivity contribution in [3.63, 3.8) is 0 Å². The molecule has 0 spiro atoms. The van der Waals surface area contributed by atoms with Gasteiger partial charge in [0.05, 0.1) is 5.84 Å². The van der Waals surface area contributed by atoms with E-state index in [-0.39, 0.29) is 11.8 Å². The van der Waals surface area contributed by atoms with Crippen molar-refractivity contribution in [3.05, 3.63) is 5.01 Å². The minimum atomic E-state index is 0.0501. The maximum absolute atomic E-state index is 7.35. The fourth-order valence-corrected chi connectivity index (χ4v) is 1.95. The number of hydrogen-bond donors (Lipinski definition) is 2. The van der Waals surface area contributed by atoms with Crippen LogP contribution in [-0.2, 0) is 0 Å². The first-order valence-electron chi connectivity index (χ1n) is 4.93. The Kier molecular flexibility index (Phi) is 4.02. The van der Waals surface area contributed by atoms with Crippen molar-refractivity contribution >= 4 is 22.3 Å². The largest absolute Gasteiger partial charge is 0.387 e. The van der Waals surface area contributed by atoms with Crippen LogP contribution in [0.2, 0.25) is 0 Å². The molecule has 1 rings (SSSR count). The molecule has 5 nitrogen and oxygen atoms in total. The summed E-state index contributed by atoms with van der Waals surface area (Å²) < 4.78 is 0. The summed E-state index contributed by atoms with van der Waals surface area (Å²) in [6.07, 6.45) is 0. The standard InChI is InChI=1S/C9H17N5S/c1-4-14(5-6(2)8(10)11)9-13-12-7(3)15-9/h6H,4-5H2,1-3H3,(H3,10,11). The highest BCUT2D eigenvalue weighted by Crippen LogP contribution is 2.20. The minimum absolute atomic E-state index is 0.0501. The van der Waals surface area contributed by atoms with E-state index in [4.69, 9.17) is 11.1 Å². The summed E-state index contributed by atoms with van der Waals surface area (Å²) in [4.78, 5) is 2.09. The van der Waals surface area contributed by atoms with Gasteiger partial charge in [0.25, 0.3) is 0 Å². The molecule has 1 aromatic heterocycles. The molecule has 1 atom stereocenters. The summed E-state index contributed by atoms with van der Waals surface area (Å²) in [6.45, 7) is 7.51. The highest BCUT2D eigenvalue weighted by molar-refractivity contribution is 7.15. The van der Waals surface area contributed by atoms with Crippen LogP contribution in [0.25, 0.3) is 0 Å². The van der Waals surface area contributed by atoms with E-state index < -0.39 is 0 Å². The molecule has 15 heavy (non-hydrogen) atoms. The molecule has 1 heterocycles. The van der Waals surface area contributed by atoms with Gasteiger partial charge in [0.2, 0.25) is 5.13 Å². The number of aryl methyl sites for hydroxylation is 1. The van der Waals surface area contributed by atoms with Crippen molar-refractivity contribution in [2.24, 2.45) is 11.7 Å². The summed E-state index contributed by atoms with van der Waals surface area (Å²) in [6, 6.07) is 0. The molecule has 0 aliphatic rings. The fourth-order valence-electron chi connectivity index (χ4n) is 1.19. The van der Waals surface area contributed by atoms with Crippen molar-refractivity contribution in [1.29, 1.82) is 5.41 Å². The average Bonchev–Trinajstić information content (AvgIpc) is 2.60. The van der Waals surface area contributed by atoms with Crippen molar-refractivity contribution in [3.8, 4) is 0 Å². The highest BCUT2D eigenvalue weighted by atomic mass is 32.1. The number of amidine groups is 1. The molecule has 1 aromatic rings. The Morgan fingerprint density at radius 2 is 2.27 bits per heavy atom. The van der Waals surface area contributed by atoms with Gasteiger partial charge in [-0.25, -0.2) is 0 Å². The van der Waals surface area contributed by atoms with Gasteiger partial charge in [-0.3, -0.25) is 5.41 Å². The molecule has 0 bridgehead atoms. The Labute approximate surface area is 93.8 Å². The van der Waals surface area contributed by atoms with Crippen molar-refractivity contribution < 1.29 is 0 Å². The Morgan fingerprint density at radius 1 is 1.60 bits per heavy atom. The van der Waals surface area contributed by atoms with Crippen LogP contribution in [0.3, 0.4) is 0 Å². The number of aromatic nitrogens is 2. The van der Waals surface area contributed by atoms with Crippen LogP contribution in [0.4, 0.5) is 5.13 Å². The van der Waals surface area contributed by atoms with Crippen molar-refractivity contribution in [2.75, 3.05) is 18.0 Å². The lowest BCUT2D eigenvalue weighted by molar-refractivity contribution is 0.692. The summed E-state index contributed by atoms with van der Waals surface area (Å²) in [5.74, 6) is 0.267. The van der Waals surface area contributed by atoms with Crippen molar-refractivity contribution in [2.45, 2.75) is 20.8 Å². The number of rotatable bonds is 5. The zero-order chi connectivity index (χ0) is 11.4. The van der Waals surface area contributed by atoms with E-state index in [1.807, 2.05) is 13.8 Å². The van der Waals surface area contributed by atoms with Crippen LogP contribution >= 0.6 is 11.3 Å². The van der Waals surface area contributed by atoms with E-state index in [2.05, 4.69) is 22.0 Å². The maximum Gasteiger partial charge on any atom is 0.208 e. The van der Waals surface area contributed by atoms with E-state index in [0.29, 0.717) is 0 Å². The molecular weight excluding hydrogens is 210 g/mol. The van der Waals surface area contributed by atoms with Crippen LogP contribution < -0.4 is 10.6 Å².